The first-order chi connectivity index (χ1) is 4.22. The first-order valence-electron chi connectivity index (χ1n) is 2.66. The summed E-state index contributed by atoms with van der Waals surface area (Å²) in [6.07, 6.45) is 0. The van der Waals surface area contributed by atoms with Crippen LogP contribution in [0.3, 0.4) is 0 Å². The Kier molecular flexibility index (Phi) is 3.35. The van der Waals surface area contributed by atoms with Gasteiger partial charge in [-0.2, -0.15) is 0 Å². The zero-order valence-electron chi connectivity index (χ0n) is 5.48. The highest BCUT2D eigenvalue weighted by Crippen LogP contribution is 1.87. The standard InChI is InChI=1S/C6H10N2O/c1-4-8-6(9)5(2)7-3/h2-4H2,1H3,(H,8,9). The molecule has 0 aromatic rings. The number of aliphatic imine (C=N–C) groups is 1. The molecule has 0 saturated carbocycles. The Morgan fingerprint density at radius 2 is 2.33 bits per heavy atom. The lowest BCUT2D eigenvalue weighted by molar-refractivity contribution is -0.117. The summed E-state index contributed by atoms with van der Waals surface area (Å²) in [6, 6.07) is 0. The van der Waals surface area contributed by atoms with E-state index in [1.165, 1.54) is 0 Å². The highest BCUT2D eigenvalue weighted by atomic mass is 16.1. The maximum absolute atomic E-state index is 10.6. The van der Waals surface area contributed by atoms with Crippen molar-refractivity contribution in [3.05, 3.63) is 12.3 Å². The highest BCUT2D eigenvalue weighted by Gasteiger charge is 1.99. The Bertz CT molecular complexity index is 140. The van der Waals surface area contributed by atoms with E-state index in [0.717, 1.165) is 0 Å². The summed E-state index contributed by atoms with van der Waals surface area (Å²) >= 11 is 0. The molecule has 0 spiro atoms. The molecule has 9 heavy (non-hydrogen) atoms. The Labute approximate surface area is 54.5 Å². The molecule has 3 nitrogen and oxygen atoms in total. The molecule has 0 fully saturated rings. The van der Waals surface area contributed by atoms with E-state index in [1.54, 1.807) is 0 Å². The summed E-state index contributed by atoms with van der Waals surface area (Å²) in [5.41, 5.74) is 0.164. The SMILES string of the molecule is C=NC(=C)C(=O)NCC. The number of hydrogen-bond acceptors (Lipinski definition) is 2. The van der Waals surface area contributed by atoms with Crippen molar-refractivity contribution in [2.75, 3.05) is 6.54 Å². The van der Waals surface area contributed by atoms with Crippen molar-refractivity contribution in [2.45, 2.75) is 6.92 Å². The number of carbonyl (C=O) groups excluding carboxylic acids is 1. The number of rotatable bonds is 3. The van der Waals surface area contributed by atoms with E-state index in [0.29, 0.717) is 6.54 Å². The monoisotopic (exact) mass is 126 g/mol. The average molecular weight is 126 g/mol. The van der Waals surface area contributed by atoms with Crippen LogP contribution in [0.5, 0.6) is 0 Å². The van der Waals surface area contributed by atoms with Crippen LogP contribution >= 0.6 is 0 Å². The van der Waals surface area contributed by atoms with Crippen molar-refractivity contribution >= 4 is 12.6 Å². The average Bonchev–Trinajstić information content (AvgIpc) is 1.87. The van der Waals surface area contributed by atoms with Gasteiger partial charge in [0.05, 0.1) is 0 Å². The van der Waals surface area contributed by atoms with E-state index in [1.807, 2.05) is 6.92 Å². The lowest BCUT2D eigenvalue weighted by Crippen LogP contribution is -2.23. The number of nitrogens with zero attached hydrogens (tertiary/aromatic N) is 1. The summed E-state index contributed by atoms with van der Waals surface area (Å²) in [7, 11) is 0. The molecule has 0 saturated heterocycles. The molecule has 0 bridgehead atoms. The van der Waals surface area contributed by atoms with Crippen molar-refractivity contribution in [3.8, 4) is 0 Å². The fourth-order valence-corrected chi connectivity index (χ4v) is 0.334. The fraction of sp³-hybridized carbons (Fsp3) is 0.333. The van der Waals surface area contributed by atoms with Crippen LogP contribution in [0.1, 0.15) is 6.92 Å². The molecule has 1 N–H and O–H groups in total. The number of likely N-dealkylation sites (N-methyl/N-ethyl adjacent to an activating group) is 1. The molecular formula is C6H10N2O. The van der Waals surface area contributed by atoms with Crippen LogP contribution in [-0.2, 0) is 4.79 Å². The van der Waals surface area contributed by atoms with E-state index < -0.39 is 0 Å². The van der Waals surface area contributed by atoms with Crippen molar-refractivity contribution in [3.63, 3.8) is 0 Å². The lowest BCUT2D eigenvalue weighted by atomic mass is 10.4. The molecule has 0 unspecified atom stereocenters. The van der Waals surface area contributed by atoms with E-state index in [4.69, 9.17) is 0 Å². The van der Waals surface area contributed by atoms with Gasteiger partial charge in [-0.25, -0.2) is 0 Å². The molecule has 3 heteroatoms. The second kappa shape index (κ2) is 3.83. The van der Waals surface area contributed by atoms with Gasteiger partial charge in [0.25, 0.3) is 5.91 Å². The van der Waals surface area contributed by atoms with E-state index in [-0.39, 0.29) is 11.6 Å². The van der Waals surface area contributed by atoms with Crippen LogP contribution in [0.4, 0.5) is 0 Å². The minimum atomic E-state index is -0.257. The molecule has 0 radical (unpaired) electrons. The third-order valence-electron chi connectivity index (χ3n) is 0.790. The van der Waals surface area contributed by atoms with Gasteiger partial charge in [0.15, 0.2) is 0 Å². The van der Waals surface area contributed by atoms with Crippen molar-refractivity contribution < 1.29 is 4.79 Å². The van der Waals surface area contributed by atoms with Crippen LogP contribution in [0.25, 0.3) is 0 Å². The Morgan fingerprint density at radius 1 is 1.78 bits per heavy atom. The van der Waals surface area contributed by atoms with Gasteiger partial charge in [-0.05, 0) is 13.6 Å². The minimum Gasteiger partial charge on any atom is -0.351 e. The summed E-state index contributed by atoms with van der Waals surface area (Å²) in [4.78, 5) is 14.0. The predicted octanol–water partition coefficient (Wildman–Crippen LogP) is 0.337. The van der Waals surface area contributed by atoms with E-state index in [2.05, 4.69) is 23.6 Å². The Hall–Kier alpha value is -1.12. The molecule has 1 amide bonds. The molecular weight excluding hydrogens is 116 g/mol. The Balaban J connectivity index is 3.73. The molecule has 50 valence electrons. The normalized spacial score (nSPS) is 8.11. The van der Waals surface area contributed by atoms with Gasteiger partial charge in [-0.15, -0.1) is 0 Å². The second-order valence-corrected chi connectivity index (χ2v) is 1.46. The van der Waals surface area contributed by atoms with E-state index >= 15 is 0 Å². The van der Waals surface area contributed by atoms with Crippen molar-refractivity contribution in [2.24, 2.45) is 4.99 Å². The van der Waals surface area contributed by atoms with Gasteiger partial charge >= 0.3 is 0 Å². The molecule has 0 aliphatic carbocycles. The molecule has 0 aromatic heterocycles. The number of nitrogens with one attached hydrogen (secondary N) is 1. The van der Waals surface area contributed by atoms with Crippen LogP contribution in [0.2, 0.25) is 0 Å². The predicted molar refractivity (Wildman–Crippen MR) is 37.4 cm³/mol. The van der Waals surface area contributed by atoms with Gasteiger partial charge < -0.3 is 5.32 Å². The fourth-order valence-electron chi connectivity index (χ4n) is 0.334. The molecule has 0 heterocycles. The quantitative estimate of drug-likeness (QED) is 0.430. The van der Waals surface area contributed by atoms with Crippen LogP contribution in [-0.4, -0.2) is 19.2 Å². The van der Waals surface area contributed by atoms with Crippen molar-refractivity contribution in [1.82, 2.24) is 5.32 Å². The second-order valence-electron chi connectivity index (χ2n) is 1.46. The zero-order chi connectivity index (χ0) is 7.28. The van der Waals surface area contributed by atoms with Gasteiger partial charge in [-0.1, -0.05) is 6.58 Å². The lowest BCUT2D eigenvalue weighted by Gasteiger charge is -1.97. The smallest absolute Gasteiger partial charge is 0.269 e. The number of carbonyl (C=O) groups is 1. The molecule has 0 aliphatic rings. The molecule has 0 aliphatic heterocycles. The number of hydrogen-bond donors (Lipinski definition) is 1. The largest absolute Gasteiger partial charge is 0.351 e. The topological polar surface area (TPSA) is 41.5 Å². The third-order valence-corrected chi connectivity index (χ3v) is 0.790. The minimum absolute atomic E-state index is 0.164. The number of amides is 1. The van der Waals surface area contributed by atoms with Crippen LogP contribution < -0.4 is 5.32 Å². The van der Waals surface area contributed by atoms with Crippen molar-refractivity contribution in [1.29, 1.82) is 0 Å². The Morgan fingerprint density at radius 3 is 2.67 bits per heavy atom. The van der Waals surface area contributed by atoms with Gasteiger partial charge in [-0.3, -0.25) is 9.79 Å². The summed E-state index contributed by atoms with van der Waals surface area (Å²) in [5.74, 6) is -0.257. The molecule has 0 rings (SSSR count). The maximum Gasteiger partial charge on any atom is 0.269 e. The third kappa shape index (κ3) is 2.64. The zero-order valence-corrected chi connectivity index (χ0v) is 5.48. The molecule has 0 aromatic carbocycles. The summed E-state index contributed by atoms with van der Waals surface area (Å²) < 4.78 is 0. The maximum atomic E-state index is 10.6. The van der Waals surface area contributed by atoms with Crippen LogP contribution in [0, 0.1) is 0 Å². The van der Waals surface area contributed by atoms with Gasteiger partial charge in [0, 0.05) is 6.54 Å². The first kappa shape index (κ1) is 7.88. The molecule has 0 atom stereocenters. The van der Waals surface area contributed by atoms with Crippen LogP contribution in [0.15, 0.2) is 17.3 Å². The first-order valence-corrected chi connectivity index (χ1v) is 2.66. The summed E-state index contributed by atoms with van der Waals surface area (Å²) in [5, 5.41) is 2.52. The van der Waals surface area contributed by atoms with Gasteiger partial charge in [0.2, 0.25) is 0 Å². The highest BCUT2D eigenvalue weighted by molar-refractivity contribution is 5.92. The van der Waals surface area contributed by atoms with E-state index in [9.17, 15) is 4.79 Å². The van der Waals surface area contributed by atoms with Gasteiger partial charge in [0.1, 0.15) is 5.70 Å². The summed E-state index contributed by atoms with van der Waals surface area (Å²) in [6.45, 7) is 8.92.